The molecule has 3 nitrogen and oxygen atoms in total. The first kappa shape index (κ1) is 18.2. The van der Waals surface area contributed by atoms with Crippen molar-refractivity contribution in [1.82, 2.24) is 4.90 Å². The van der Waals surface area contributed by atoms with E-state index >= 15 is 0 Å². The standard InChI is InChI=1S/C21H17NO2S2/c1-2-14-24-18-10-8-17(9-11-18)15-19-20(23)22(21(25)26-19)13-12-16-6-4-3-5-7-16/h1,3-11,15H,12-14H2. The van der Waals surface area contributed by atoms with Crippen LogP contribution in [0.2, 0.25) is 0 Å². The van der Waals surface area contributed by atoms with Crippen LogP contribution in [0.4, 0.5) is 0 Å². The van der Waals surface area contributed by atoms with E-state index < -0.39 is 0 Å². The molecule has 0 saturated carbocycles. The molecule has 0 aromatic heterocycles. The zero-order valence-electron chi connectivity index (χ0n) is 14.1. The zero-order chi connectivity index (χ0) is 18.4. The van der Waals surface area contributed by atoms with Gasteiger partial charge in [0.15, 0.2) is 0 Å². The topological polar surface area (TPSA) is 29.5 Å². The number of carbonyl (C=O) groups is 1. The number of terminal acetylenes is 1. The fraction of sp³-hybridized carbons (Fsp3) is 0.143. The van der Waals surface area contributed by atoms with Gasteiger partial charge in [-0.05, 0) is 35.8 Å². The largest absolute Gasteiger partial charge is 0.481 e. The highest BCUT2D eigenvalue weighted by molar-refractivity contribution is 8.26. The first-order valence-electron chi connectivity index (χ1n) is 8.13. The molecule has 0 unspecified atom stereocenters. The lowest BCUT2D eigenvalue weighted by molar-refractivity contribution is -0.122. The molecule has 0 atom stereocenters. The van der Waals surface area contributed by atoms with Crippen molar-refractivity contribution >= 4 is 40.3 Å². The summed E-state index contributed by atoms with van der Waals surface area (Å²) in [5.41, 5.74) is 2.11. The molecule has 2 aromatic rings. The second kappa shape index (κ2) is 8.70. The number of nitrogens with zero attached hydrogens (tertiary/aromatic N) is 1. The summed E-state index contributed by atoms with van der Waals surface area (Å²) >= 11 is 6.72. The Labute approximate surface area is 163 Å². The molecule has 1 aliphatic heterocycles. The molecular weight excluding hydrogens is 362 g/mol. The van der Waals surface area contributed by atoms with Crippen LogP contribution in [0.25, 0.3) is 6.08 Å². The van der Waals surface area contributed by atoms with Gasteiger partial charge in [0.1, 0.15) is 16.7 Å². The maximum absolute atomic E-state index is 12.7. The van der Waals surface area contributed by atoms with Crippen LogP contribution in [0.5, 0.6) is 5.75 Å². The summed E-state index contributed by atoms with van der Waals surface area (Å²) in [6.45, 7) is 0.824. The minimum absolute atomic E-state index is 0.0383. The van der Waals surface area contributed by atoms with Crippen molar-refractivity contribution in [3.63, 3.8) is 0 Å². The number of thioether (sulfide) groups is 1. The van der Waals surface area contributed by atoms with Crippen LogP contribution < -0.4 is 4.74 Å². The van der Waals surface area contributed by atoms with Gasteiger partial charge in [0.2, 0.25) is 0 Å². The molecule has 1 fully saturated rings. The van der Waals surface area contributed by atoms with Gasteiger partial charge in [-0.15, -0.1) is 6.42 Å². The molecule has 0 radical (unpaired) electrons. The number of hydrogen-bond acceptors (Lipinski definition) is 4. The van der Waals surface area contributed by atoms with E-state index in [1.807, 2.05) is 48.5 Å². The smallest absolute Gasteiger partial charge is 0.266 e. The van der Waals surface area contributed by atoms with Crippen molar-refractivity contribution in [2.75, 3.05) is 13.2 Å². The van der Waals surface area contributed by atoms with Crippen LogP contribution in [-0.2, 0) is 11.2 Å². The summed E-state index contributed by atoms with van der Waals surface area (Å²) < 4.78 is 5.95. The Kier molecular flexibility index (Phi) is 6.11. The lowest BCUT2D eigenvalue weighted by Crippen LogP contribution is -2.30. The van der Waals surface area contributed by atoms with E-state index in [-0.39, 0.29) is 12.5 Å². The number of rotatable bonds is 6. The third kappa shape index (κ3) is 4.54. The highest BCUT2D eigenvalue weighted by atomic mass is 32.2. The number of amides is 1. The number of benzene rings is 2. The molecule has 3 rings (SSSR count). The SMILES string of the molecule is C#CCOc1ccc(C=C2SC(=S)N(CCc3ccccc3)C2=O)cc1. The van der Waals surface area contributed by atoms with Gasteiger partial charge >= 0.3 is 0 Å². The maximum Gasteiger partial charge on any atom is 0.266 e. The first-order valence-corrected chi connectivity index (χ1v) is 9.35. The summed E-state index contributed by atoms with van der Waals surface area (Å²) in [7, 11) is 0. The van der Waals surface area contributed by atoms with Crippen molar-refractivity contribution in [3.05, 3.63) is 70.6 Å². The van der Waals surface area contributed by atoms with E-state index in [0.29, 0.717) is 21.5 Å². The predicted octanol–water partition coefficient (Wildman–Crippen LogP) is 4.14. The van der Waals surface area contributed by atoms with Crippen LogP contribution in [0.1, 0.15) is 11.1 Å². The second-order valence-corrected chi connectivity index (χ2v) is 7.31. The van der Waals surface area contributed by atoms with Crippen molar-refractivity contribution in [3.8, 4) is 18.1 Å². The van der Waals surface area contributed by atoms with E-state index in [1.54, 1.807) is 4.90 Å². The predicted molar refractivity (Wildman–Crippen MR) is 111 cm³/mol. The summed E-state index contributed by atoms with van der Waals surface area (Å²) in [5.74, 6) is 3.09. The van der Waals surface area contributed by atoms with E-state index in [1.165, 1.54) is 17.3 Å². The third-order valence-electron chi connectivity index (χ3n) is 3.84. The van der Waals surface area contributed by atoms with Crippen LogP contribution in [0.3, 0.4) is 0 Å². The fourth-order valence-electron chi connectivity index (χ4n) is 2.52. The average molecular weight is 380 g/mol. The Morgan fingerprint density at radius 3 is 2.58 bits per heavy atom. The first-order chi connectivity index (χ1) is 12.7. The third-order valence-corrected chi connectivity index (χ3v) is 5.22. The van der Waals surface area contributed by atoms with E-state index in [2.05, 4.69) is 18.1 Å². The zero-order valence-corrected chi connectivity index (χ0v) is 15.7. The van der Waals surface area contributed by atoms with Crippen molar-refractivity contribution < 1.29 is 9.53 Å². The minimum atomic E-state index is -0.0383. The molecule has 0 spiro atoms. The molecule has 0 bridgehead atoms. The van der Waals surface area contributed by atoms with E-state index in [9.17, 15) is 4.79 Å². The normalized spacial score (nSPS) is 15.3. The Morgan fingerprint density at radius 1 is 1.15 bits per heavy atom. The number of hydrogen-bond donors (Lipinski definition) is 0. The van der Waals surface area contributed by atoms with E-state index in [4.69, 9.17) is 23.4 Å². The quantitative estimate of drug-likeness (QED) is 0.429. The highest BCUT2D eigenvalue weighted by Crippen LogP contribution is 2.32. The second-order valence-electron chi connectivity index (χ2n) is 5.63. The van der Waals surface area contributed by atoms with Gasteiger partial charge in [-0.25, -0.2) is 0 Å². The summed E-state index contributed by atoms with van der Waals surface area (Å²) in [5, 5.41) is 0. The van der Waals surface area contributed by atoms with Crippen molar-refractivity contribution in [2.24, 2.45) is 0 Å². The molecule has 2 aromatic carbocycles. The van der Waals surface area contributed by atoms with E-state index in [0.717, 1.165) is 12.0 Å². The van der Waals surface area contributed by atoms with Crippen LogP contribution in [0.15, 0.2) is 59.5 Å². The van der Waals surface area contributed by atoms with Crippen LogP contribution in [0, 0.1) is 12.3 Å². The van der Waals surface area contributed by atoms with Gasteiger partial charge in [0, 0.05) is 6.54 Å². The molecule has 1 heterocycles. The monoisotopic (exact) mass is 379 g/mol. The van der Waals surface area contributed by atoms with Gasteiger partial charge in [0.05, 0.1) is 4.91 Å². The summed E-state index contributed by atoms with van der Waals surface area (Å²) in [6.07, 6.45) is 7.81. The summed E-state index contributed by atoms with van der Waals surface area (Å²) in [4.78, 5) is 15.0. The maximum atomic E-state index is 12.7. The van der Waals surface area contributed by atoms with Gasteiger partial charge in [-0.1, -0.05) is 72.4 Å². The van der Waals surface area contributed by atoms with Crippen LogP contribution >= 0.6 is 24.0 Å². The Hall–Kier alpha value is -2.55. The fourth-order valence-corrected chi connectivity index (χ4v) is 3.82. The molecule has 26 heavy (non-hydrogen) atoms. The van der Waals surface area contributed by atoms with Gasteiger partial charge in [-0.3, -0.25) is 9.69 Å². The Morgan fingerprint density at radius 2 is 1.88 bits per heavy atom. The minimum Gasteiger partial charge on any atom is -0.481 e. The highest BCUT2D eigenvalue weighted by Gasteiger charge is 2.31. The molecule has 1 aliphatic rings. The summed E-state index contributed by atoms with van der Waals surface area (Å²) in [6, 6.07) is 17.5. The number of ether oxygens (including phenoxy) is 1. The molecule has 5 heteroatoms. The van der Waals surface area contributed by atoms with Gasteiger partial charge < -0.3 is 4.74 Å². The lowest BCUT2D eigenvalue weighted by atomic mass is 10.1. The molecule has 1 saturated heterocycles. The van der Waals surface area contributed by atoms with Gasteiger partial charge in [0.25, 0.3) is 5.91 Å². The average Bonchev–Trinajstić information content (AvgIpc) is 2.93. The van der Waals surface area contributed by atoms with Crippen molar-refractivity contribution in [2.45, 2.75) is 6.42 Å². The lowest BCUT2D eigenvalue weighted by Gasteiger charge is -2.14. The number of thiocarbonyl (C=S) groups is 1. The Balaban J connectivity index is 1.66. The molecule has 1 amide bonds. The van der Waals surface area contributed by atoms with Crippen molar-refractivity contribution in [1.29, 1.82) is 0 Å². The van der Waals surface area contributed by atoms with Crippen LogP contribution in [-0.4, -0.2) is 28.3 Å². The molecule has 130 valence electrons. The Bertz CT molecular complexity index is 867. The van der Waals surface area contributed by atoms with Gasteiger partial charge in [-0.2, -0.15) is 0 Å². The molecule has 0 N–H and O–H groups in total. The molecular formula is C21H17NO2S2. The number of carbonyl (C=O) groups excluding carboxylic acids is 1. The molecule has 0 aliphatic carbocycles.